The highest BCUT2D eigenvalue weighted by atomic mass is 32.2. The lowest BCUT2D eigenvalue weighted by Crippen LogP contribution is -2.12. The lowest BCUT2D eigenvalue weighted by molar-refractivity contribution is 0.601. The molecule has 3 aromatic rings. The zero-order chi connectivity index (χ0) is 15.6. The van der Waals surface area contributed by atoms with E-state index in [1.165, 1.54) is 11.3 Å². The molecular weight excluding hydrogens is 318 g/mol. The highest BCUT2D eigenvalue weighted by molar-refractivity contribution is 7.93. The van der Waals surface area contributed by atoms with Crippen LogP contribution < -0.4 is 4.72 Å². The molecule has 2 aromatic carbocycles. The van der Waals surface area contributed by atoms with Gasteiger partial charge >= 0.3 is 0 Å². The van der Waals surface area contributed by atoms with Gasteiger partial charge in [0.25, 0.3) is 10.0 Å². The fraction of sp³-hybridized carbons (Fsp3) is 0.0667. The van der Waals surface area contributed by atoms with E-state index >= 15 is 0 Å². The van der Waals surface area contributed by atoms with Crippen molar-refractivity contribution in [1.82, 2.24) is 10.2 Å². The quantitative estimate of drug-likeness (QED) is 0.796. The summed E-state index contributed by atoms with van der Waals surface area (Å²) in [7, 11) is -3.64. The molecule has 1 N–H and O–H groups in total. The first kappa shape index (κ1) is 14.7. The van der Waals surface area contributed by atoms with Crippen LogP contribution >= 0.6 is 11.3 Å². The summed E-state index contributed by atoms with van der Waals surface area (Å²) in [5, 5.41) is 8.53. The van der Waals surface area contributed by atoms with Crippen molar-refractivity contribution < 1.29 is 8.42 Å². The largest absolute Gasteiger partial charge is 0.263 e. The predicted octanol–water partition coefficient (Wildman–Crippen LogP) is 3.31. The maximum atomic E-state index is 12.3. The third-order valence-corrected chi connectivity index (χ3v) is 5.26. The van der Waals surface area contributed by atoms with Gasteiger partial charge in [-0.3, -0.25) is 4.72 Å². The minimum atomic E-state index is -3.64. The normalized spacial score (nSPS) is 11.3. The van der Waals surface area contributed by atoms with E-state index < -0.39 is 10.0 Å². The summed E-state index contributed by atoms with van der Waals surface area (Å²) in [5.74, 6) is 0. The van der Waals surface area contributed by atoms with Gasteiger partial charge in [0.05, 0.1) is 4.90 Å². The summed E-state index contributed by atoms with van der Waals surface area (Å²) in [6.45, 7) is 1.77. The van der Waals surface area contributed by atoms with Gasteiger partial charge in [0.1, 0.15) is 5.01 Å². The van der Waals surface area contributed by atoms with E-state index in [1.807, 2.05) is 30.3 Å². The summed E-state index contributed by atoms with van der Waals surface area (Å²) in [6, 6.07) is 16.5. The molecule has 1 aromatic heterocycles. The number of aryl methyl sites for hydroxylation is 1. The Morgan fingerprint density at radius 3 is 2.14 bits per heavy atom. The molecule has 5 nitrogen and oxygen atoms in total. The Balaban J connectivity index is 1.86. The molecule has 0 spiro atoms. The van der Waals surface area contributed by atoms with Crippen LogP contribution in [0.2, 0.25) is 0 Å². The van der Waals surface area contributed by atoms with Crippen LogP contribution in [0.25, 0.3) is 11.1 Å². The fourth-order valence-electron chi connectivity index (χ4n) is 1.97. The van der Waals surface area contributed by atoms with Gasteiger partial charge in [-0.1, -0.05) is 53.8 Å². The second-order valence-corrected chi connectivity index (χ2v) is 7.49. The molecule has 1 heterocycles. The van der Waals surface area contributed by atoms with Crippen LogP contribution in [0.1, 0.15) is 5.01 Å². The average Bonchev–Trinajstić information content (AvgIpc) is 2.93. The number of nitrogens with zero attached hydrogens (tertiary/aromatic N) is 2. The summed E-state index contributed by atoms with van der Waals surface area (Å²) >= 11 is 1.20. The molecule has 0 saturated heterocycles. The molecule has 112 valence electrons. The van der Waals surface area contributed by atoms with Crippen molar-refractivity contribution in [3.63, 3.8) is 0 Å². The van der Waals surface area contributed by atoms with Gasteiger partial charge in [-0.05, 0) is 30.2 Å². The maximum absolute atomic E-state index is 12.3. The molecule has 0 saturated carbocycles. The van der Waals surface area contributed by atoms with Gasteiger partial charge < -0.3 is 0 Å². The molecule has 0 aliphatic rings. The molecule has 0 aliphatic heterocycles. The first-order chi connectivity index (χ1) is 10.5. The summed E-state index contributed by atoms with van der Waals surface area (Å²) < 4.78 is 27.0. The standard InChI is InChI=1S/C15H13N3O2S2/c1-11-16-17-15(21-11)18-22(19,20)14-9-7-13(8-10-14)12-5-3-2-4-6-12/h2-10H,1H3,(H,17,18). The van der Waals surface area contributed by atoms with Crippen LogP contribution in [0.5, 0.6) is 0 Å². The Morgan fingerprint density at radius 2 is 1.55 bits per heavy atom. The van der Waals surface area contributed by atoms with Crippen molar-refractivity contribution in [3.05, 3.63) is 59.6 Å². The van der Waals surface area contributed by atoms with Gasteiger partial charge in [-0.25, -0.2) is 8.42 Å². The zero-order valence-electron chi connectivity index (χ0n) is 11.7. The number of aromatic nitrogens is 2. The number of rotatable bonds is 4. The number of hydrogen-bond donors (Lipinski definition) is 1. The van der Waals surface area contributed by atoms with Crippen molar-refractivity contribution in [1.29, 1.82) is 0 Å². The van der Waals surface area contributed by atoms with Crippen LogP contribution in [-0.4, -0.2) is 18.6 Å². The molecule has 0 fully saturated rings. The molecule has 0 atom stereocenters. The summed E-state index contributed by atoms with van der Waals surface area (Å²) in [4.78, 5) is 0.194. The molecule has 0 aliphatic carbocycles. The number of sulfonamides is 1. The van der Waals surface area contributed by atoms with Crippen LogP contribution in [0, 0.1) is 6.92 Å². The number of hydrogen-bond acceptors (Lipinski definition) is 5. The van der Waals surface area contributed by atoms with Crippen LogP contribution in [0.3, 0.4) is 0 Å². The van der Waals surface area contributed by atoms with E-state index in [0.29, 0.717) is 5.01 Å². The summed E-state index contributed by atoms with van der Waals surface area (Å²) in [6.07, 6.45) is 0. The van der Waals surface area contributed by atoms with Gasteiger partial charge in [-0.15, -0.1) is 10.2 Å². The lowest BCUT2D eigenvalue weighted by atomic mass is 10.1. The molecule has 3 rings (SSSR count). The minimum absolute atomic E-state index is 0.194. The topological polar surface area (TPSA) is 72.0 Å². The molecule has 0 unspecified atom stereocenters. The number of anilines is 1. The second-order valence-electron chi connectivity index (χ2n) is 4.62. The van der Waals surface area contributed by atoms with Crippen molar-refractivity contribution in [2.75, 3.05) is 4.72 Å². The van der Waals surface area contributed by atoms with Crippen molar-refractivity contribution in [3.8, 4) is 11.1 Å². The van der Waals surface area contributed by atoms with E-state index in [4.69, 9.17) is 0 Å². The molecule has 0 amide bonds. The predicted molar refractivity (Wildman–Crippen MR) is 87.3 cm³/mol. The van der Waals surface area contributed by atoms with E-state index in [0.717, 1.165) is 11.1 Å². The second kappa shape index (κ2) is 5.86. The van der Waals surface area contributed by atoms with Gasteiger partial charge in [0.2, 0.25) is 5.13 Å². The SMILES string of the molecule is Cc1nnc(NS(=O)(=O)c2ccc(-c3ccccc3)cc2)s1. The van der Waals surface area contributed by atoms with E-state index in [1.54, 1.807) is 31.2 Å². The highest BCUT2D eigenvalue weighted by Crippen LogP contribution is 2.23. The van der Waals surface area contributed by atoms with Crippen molar-refractivity contribution in [2.45, 2.75) is 11.8 Å². The number of nitrogens with one attached hydrogen (secondary N) is 1. The van der Waals surface area contributed by atoms with E-state index in [9.17, 15) is 8.42 Å². The molecule has 0 radical (unpaired) electrons. The van der Waals surface area contributed by atoms with Gasteiger partial charge in [0, 0.05) is 0 Å². The van der Waals surface area contributed by atoms with Crippen LogP contribution in [0.4, 0.5) is 5.13 Å². The molecule has 7 heteroatoms. The first-order valence-corrected chi connectivity index (χ1v) is 8.83. The zero-order valence-corrected chi connectivity index (χ0v) is 13.4. The average molecular weight is 331 g/mol. The Hall–Kier alpha value is -2.25. The van der Waals surface area contributed by atoms with Gasteiger partial charge in [-0.2, -0.15) is 0 Å². The Kier molecular flexibility index (Phi) is 3.91. The number of benzene rings is 2. The molecule has 22 heavy (non-hydrogen) atoms. The van der Waals surface area contributed by atoms with Crippen molar-refractivity contribution >= 4 is 26.5 Å². The van der Waals surface area contributed by atoms with E-state index in [-0.39, 0.29) is 10.0 Å². The highest BCUT2D eigenvalue weighted by Gasteiger charge is 2.16. The van der Waals surface area contributed by atoms with Crippen molar-refractivity contribution in [2.24, 2.45) is 0 Å². The smallest absolute Gasteiger partial charge is 0.253 e. The monoisotopic (exact) mass is 331 g/mol. The molecular formula is C15H13N3O2S2. The molecule has 0 bridgehead atoms. The van der Waals surface area contributed by atoms with Crippen LogP contribution in [-0.2, 0) is 10.0 Å². The lowest BCUT2D eigenvalue weighted by Gasteiger charge is -2.06. The van der Waals surface area contributed by atoms with Crippen LogP contribution in [0.15, 0.2) is 59.5 Å². The Morgan fingerprint density at radius 1 is 0.909 bits per heavy atom. The third kappa shape index (κ3) is 3.15. The summed E-state index contributed by atoms with van der Waals surface area (Å²) in [5.41, 5.74) is 2.01. The third-order valence-electron chi connectivity index (χ3n) is 3.02. The maximum Gasteiger partial charge on any atom is 0.263 e. The Bertz CT molecular complexity index is 873. The first-order valence-electron chi connectivity index (χ1n) is 6.53. The van der Waals surface area contributed by atoms with Gasteiger partial charge in [0.15, 0.2) is 0 Å². The Labute approximate surface area is 132 Å². The van der Waals surface area contributed by atoms with E-state index in [2.05, 4.69) is 14.9 Å². The minimum Gasteiger partial charge on any atom is -0.253 e. The fourth-order valence-corrected chi connectivity index (χ4v) is 3.79.